The Balaban J connectivity index is 1.95. The summed E-state index contributed by atoms with van der Waals surface area (Å²) in [6.45, 7) is 0. The van der Waals surface area contributed by atoms with Crippen LogP contribution in [-0.4, -0.2) is 34.4 Å². The molecule has 2 aromatic carbocycles. The molecule has 2 N–H and O–H groups in total. The first-order chi connectivity index (χ1) is 12.6. The Morgan fingerprint density at radius 3 is 2.15 bits per heavy atom. The standard InChI is InChI=1S/C20H16N2O4/c1-25-19-6-11-3-16(22-9-12(11)4-17(19)23)15-10-21-8-13-5-18(24)20(26-2)7-14(13)15/h3-10,23-24H,1-2H3. The SMILES string of the molecule is COc1cc2cc(-c3cncc4cc(O)c(OC)cc34)ncc2cc1O. The molecule has 4 aromatic rings. The van der Waals surface area contributed by atoms with Crippen LogP contribution in [0.3, 0.4) is 0 Å². The highest BCUT2D eigenvalue weighted by molar-refractivity contribution is 5.98. The number of benzene rings is 2. The van der Waals surface area contributed by atoms with Gasteiger partial charge in [-0.3, -0.25) is 9.97 Å². The smallest absolute Gasteiger partial charge is 0.161 e. The van der Waals surface area contributed by atoms with Crippen LogP contribution in [0.25, 0.3) is 32.8 Å². The van der Waals surface area contributed by atoms with E-state index < -0.39 is 0 Å². The molecule has 4 rings (SSSR count). The maximum Gasteiger partial charge on any atom is 0.161 e. The first-order valence-corrected chi connectivity index (χ1v) is 7.92. The molecule has 0 spiro atoms. The molecule has 0 unspecified atom stereocenters. The van der Waals surface area contributed by atoms with Gasteiger partial charge in [-0.25, -0.2) is 0 Å². The molecule has 2 aromatic heterocycles. The summed E-state index contributed by atoms with van der Waals surface area (Å²) >= 11 is 0. The summed E-state index contributed by atoms with van der Waals surface area (Å²) in [5.74, 6) is 0.918. The zero-order valence-corrected chi connectivity index (χ0v) is 14.2. The molecule has 0 amide bonds. The topological polar surface area (TPSA) is 84.7 Å². The Labute approximate surface area is 149 Å². The van der Waals surface area contributed by atoms with E-state index >= 15 is 0 Å². The van der Waals surface area contributed by atoms with Crippen molar-refractivity contribution in [2.45, 2.75) is 0 Å². The molecule has 0 bridgehead atoms. The zero-order chi connectivity index (χ0) is 18.3. The second-order valence-corrected chi connectivity index (χ2v) is 5.87. The van der Waals surface area contributed by atoms with Gasteiger partial charge in [0.25, 0.3) is 0 Å². The van der Waals surface area contributed by atoms with Crippen molar-refractivity contribution in [3.05, 3.63) is 48.9 Å². The van der Waals surface area contributed by atoms with Gasteiger partial charge in [0.2, 0.25) is 0 Å². The number of hydrogen-bond acceptors (Lipinski definition) is 6. The van der Waals surface area contributed by atoms with Gasteiger partial charge in [-0.05, 0) is 41.1 Å². The summed E-state index contributed by atoms with van der Waals surface area (Å²) in [4.78, 5) is 8.76. The summed E-state index contributed by atoms with van der Waals surface area (Å²) in [5.41, 5.74) is 1.53. The van der Waals surface area contributed by atoms with Gasteiger partial charge in [0, 0.05) is 34.9 Å². The normalized spacial score (nSPS) is 11.0. The molecule has 130 valence electrons. The summed E-state index contributed by atoms with van der Waals surface area (Å²) in [5, 5.41) is 23.2. The average Bonchev–Trinajstić information content (AvgIpc) is 2.66. The maximum absolute atomic E-state index is 9.99. The van der Waals surface area contributed by atoms with Gasteiger partial charge in [-0.15, -0.1) is 0 Å². The fourth-order valence-corrected chi connectivity index (χ4v) is 3.03. The molecular formula is C20H16N2O4. The van der Waals surface area contributed by atoms with Crippen molar-refractivity contribution in [2.24, 2.45) is 0 Å². The Kier molecular flexibility index (Phi) is 3.73. The van der Waals surface area contributed by atoms with Crippen LogP contribution >= 0.6 is 0 Å². The molecular weight excluding hydrogens is 332 g/mol. The Bertz CT molecular complexity index is 1140. The molecule has 0 saturated carbocycles. The lowest BCUT2D eigenvalue weighted by Gasteiger charge is -2.10. The van der Waals surface area contributed by atoms with Crippen LogP contribution in [-0.2, 0) is 0 Å². The number of phenolic OH excluding ortho intramolecular Hbond substituents is 2. The summed E-state index contributed by atoms with van der Waals surface area (Å²) < 4.78 is 10.4. The van der Waals surface area contributed by atoms with Crippen molar-refractivity contribution in [3.8, 4) is 34.3 Å². The van der Waals surface area contributed by atoms with Crippen molar-refractivity contribution in [2.75, 3.05) is 14.2 Å². The van der Waals surface area contributed by atoms with Gasteiger partial charge in [-0.2, -0.15) is 0 Å². The van der Waals surface area contributed by atoms with Crippen molar-refractivity contribution in [1.29, 1.82) is 0 Å². The van der Waals surface area contributed by atoms with E-state index in [4.69, 9.17) is 9.47 Å². The number of aromatic nitrogens is 2. The number of methoxy groups -OCH3 is 2. The summed E-state index contributed by atoms with van der Waals surface area (Å²) in [6.07, 6.45) is 5.10. The van der Waals surface area contributed by atoms with Crippen molar-refractivity contribution in [3.63, 3.8) is 0 Å². The molecule has 0 aliphatic carbocycles. The van der Waals surface area contributed by atoms with Crippen LogP contribution in [0.5, 0.6) is 23.0 Å². The fourth-order valence-electron chi connectivity index (χ4n) is 3.03. The quantitative estimate of drug-likeness (QED) is 0.584. The Morgan fingerprint density at radius 1 is 0.731 bits per heavy atom. The number of phenols is 2. The highest BCUT2D eigenvalue weighted by atomic mass is 16.5. The Hall–Kier alpha value is -3.54. The van der Waals surface area contributed by atoms with E-state index in [0.29, 0.717) is 11.5 Å². The van der Waals surface area contributed by atoms with Crippen LogP contribution in [0, 0.1) is 0 Å². The third-order valence-corrected chi connectivity index (χ3v) is 4.35. The lowest BCUT2D eigenvalue weighted by Crippen LogP contribution is -1.91. The van der Waals surface area contributed by atoms with Gasteiger partial charge in [0.15, 0.2) is 23.0 Å². The van der Waals surface area contributed by atoms with E-state index in [-0.39, 0.29) is 11.5 Å². The highest BCUT2D eigenvalue weighted by Crippen LogP contribution is 2.37. The van der Waals surface area contributed by atoms with Gasteiger partial charge in [0.1, 0.15) is 0 Å². The number of rotatable bonds is 3. The van der Waals surface area contributed by atoms with Gasteiger partial charge in [-0.1, -0.05) is 0 Å². The largest absolute Gasteiger partial charge is 0.504 e. The molecule has 0 aliphatic heterocycles. The summed E-state index contributed by atoms with van der Waals surface area (Å²) in [6, 6.07) is 8.68. The molecule has 0 saturated heterocycles. The van der Waals surface area contributed by atoms with Crippen molar-refractivity contribution >= 4 is 21.5 Å². The van der Waals surface area contributed by atoms with E-state index in [1.165, 1.54) is 14.2 Å². The predicted molar refractivity (Wildman–Crippen MR) is 98.9 cm³/mol. The van der Waals surface area contributed by atoms with Gasteiger partial charge in [0.05, 0.1) is 19.9 Å². The number of fused-ring (bicyclic) bond motifs is 2. The first kappa shape index (κ1) is 16.0. The third kappa shape index (κ3) is 2.52. The maximum atomic E-state index is 9.99. The molecule has 0 fully saturated rings. The minimum Gasteiger partial charge on any atom is -0.504 e. The minimum atomic E-state index is 0.0608. The predicted octanol–water partition coefficient (Wildman–Crippen LogP) is 3.88. The van der Waals surface area contributed by atoms with Crippen LogP contribution in [0.2, 0.25) is 0 Å². The monoisotopic (exact) mass is 348 g/mol. The van der Waals surface area contributed by atoms with Crippen molar-refractivity contribution < 1.29 is 19.7 Å². The average molecular weight is 348 g/mol. The molecule has 6 nitrogen and oxygen atoms in total. The number of aromatic hydroxyl groups is 2. The third-order valence-electron chi connectivity index (χ3n) is 4.35. The minimum absolute atomic E-state index is 0.0608. The van der Waals surface area contributed by atoms with Crippen LogP contribution < -0.4 is 9.47 Å². The van der Waals surface area contributed by atoms with Gasteiger partial charge < -0.3 is 19.7 Å². The highest BCUT2D eigenvalue weighted by Gasteiger charge is 2.12. The van der Waals surface area contributed by atoms with E-state index in [9.17, 15) is 10.2 Å². The molecule has 2 heterocycles. The molecule has 6 heteroatoms. The van der Waals surface area contributed by atoms with Gasteiger partial charge >= 0.3 is 0 Å². The fraction of sp³-hybridized carbons (Fsp3) is 0.100. The number of ether oxygens (including phenoxy) is 2. The molecule has 0 aliphatic rings. The van der Waals surface area contributed by atoms with Crippen LogP contribution in [0.1, 0.15) is 0 Å². The molecule has 0 radical (unpaired) electrons. The Morgan fingerprint density at radius 2 is 1.42 bits per heavy atom. The summed E-state index contributed by atoms with van der Waals surface area (Å²) in [7, 11) is 3.02. The van der Waals surface area contributed by atoms with Crippen LogP contribution in [0.15, 0.2) is 48.9 Å². The van der Waals surface area contributed by atoms with E-state index in [0.717, 1.165) is 32.8 Å². The number of pyridine rings is 2. The second kappa shape index (κ2) is 6.07. The lowest BCUT2D eigenvalue weighted by molar-refractivity contribution is 0.374. The van der Waals surface area contributed by atoms with Crippen molar-refractivity contribution in [1.82, 2.24) is 9.97 Å². The van der Waals surface area contributed by atoms with E-state index in [1.807, 2.05) is 6.07 Å². The van der Waals surface area contributed by atoms with E-state index in [2.05, 4.69) is 9.97 Å². The number of nitrogens with zero attached hydrogens (tertiary/aromatic N) is 2. The lowest BCUT2D eigenvalue weighted by atomic mass is 10.0. The molecule has 0 atom stereocenters. The van der Waals surface area contributed by atoms with E-state index in [1.54, 1.807) is 42.9 Å². The molecule has 26 heavy (non-hydrogen) atoms. The first-order valence-electron chi connectivity index (χ1n) is 7.92. The number of hydrogen-bond donors (Lipinski definition) is 2. The van der Waals surface area contributed by atoms with Crippen LogP contribution in [0.4, 0.5) is 0 Å². The second-order valence-electron chi connectivity index (χ2n) is 5.87. The zero-order valence-electron chi connectivity index (χ0n) is 14.2.